The molecule has 1 aliphatic heterocycles. The van der Waals surface area contributed by atoms with Crippen molar-refractivity contribution in [3.63, 3.8) is 0 Å². The molecule has 1 saturated carbocycles. The molecule has 3 atom stereocenters. The zero-order valence-electron chi connectivity index (χ0n) is 8.30. The Hall–Kier alpha value is -1.42. The van der Waals surface area contributed by atoms with Crippen molar-refractivity contribution in [2.45, 2.75) is 5.92 Å². The first kappa shape index (κ1) is 7.82. The number of pyridine rings is 1. The van der Waals surface area contributed by atoms with Crippen LogP contribution < -0.4 is 5.32 Å². The van der Waals surface area contributed by atoms with E-state index < -0.39 is 0 Å². The summed E-state index contributed by atoms with van der Waals surface area (Å²) in [5.41, 5.74) is 0.963. The maximum Gasteiger partial charge on any atom is 0.160 e. The quantitative estimate of drug-likeness (QED) is 0.735. The van der Waals surface area contributed by atoms with Crippen molar-refractivity contribution in [2.75, 3.05) is 13.1 Å². The summed E-state index contributed by atoms with van der Waals surface area (Å²) >= 11 is 0. The predicted octanol–water partition coefficient (Wildman–Crippen LogP) is 0.662. The van der Waals surface area contributed by atoms with Crippen LogP contribution >= 0.6 is 0 Å². The number of nitrogens with zero attached hydrogens (tertiary/aromatic N) is 3. The van der Waals surface area contributed by atoms with Crippen LogP contribution in [-0.4, -0.2) is 27.7 Å². The third-order valence-electron chi connectivity index (χ3n) is 3.73. The molecule has 2 fully saturated rings. The Bertz CT molecular complexity index is 508. The molecule has 0 spiro atoms. The lowest BCUT2D eigenvalue weighted by Crippen LogP contribution is -2.14. The molecule has 15 heavy (non-hydrogen) atoms. The van der Waals surface area contributed by atoms with Crippen molar-refractivity contribution in [1.29, 1.82) is 0 Å². The van der Waals surface area contributed by atoms with Crippen LogP contribution in [0.25, 0.3) is 5.65 Å². The number of hydrogen-bond donors (Lipinski definition) is 1. The van der Waals surface area contributed by atoms with Crippen LogP contribution in [0.1, 0.15) is 11.7 Å². The molecule has 0 radical (unpaired) electrons. The van der Waals surface area contributed by atoms with Gasteiger partial charge in [0.1, 0.15) is 5.82 Å². The molecule has 1 saturated heterocycles. The molecule has 0 bridgehead atoms. The topological polar surface area (TPSA) is 42.2 Å². The second-order valence-corrected chi connectivity index (χ2v) is 4.50. The fraction of sp³-hybridized carbons (Fsp3) is 0.455. The van der Waals surface area contributed by atoms with Gasteiger partial charge in [-0.05, 0) is 37.1 Å². The highest BCUT2D eigenvalue weighted by molar-refractivity contribution is 5.39. The third-order valence-corrected chi connectivity index (χ3v) is 3.73. The Labute approximate surface area is 87.3 Å². The highest BCUT2D eigenvalue weighted by Gasteiger charge is 2.55. The van der Waals surface area contributed by atoms with Gasteiger partial charge in [0.15, 0.2) is 5.65 Å². The Kier molecular flexibility index (Phi) is 1.34. The molecule has 2 aliphatic rings. The van der Waals surface area contributed by atoms with Gasteiger partial charge in [-0.3, -0.25) is 4.40 Å². The summed E-state index contributed by atoms with van der Waals surface area (Å²) in [5, 5.41) is 11.9. The average Bonchev–Trinajstić information content (AvgIpc) is 2.73. The highest BCUT2D eigenvalue weighted by Crippen LogP contribution is 2.55. The molecule has 1 N–H and O–H groups in total. The average molecular weight is 200 g/mol. The predicted molar refractivity (Wildman–Crippen MR) is 55.6 cm³/mol. The van der Waals surface area contributed by atoms with Gasteiger partial charge in [0, 0.05) is 12.1 Å². The van der Waals surface area contributed by atoms with E-state index in [0.717, 1.165) is 36.4 Å². The van der Waals surface area contributed by atoms with Crippen LogP contribution in [0.15, 0.2) is 24.4 Å². The van der Waals surface area contributed by atoms with Gasteiger partial charge in [0.2, 0.25) is 0 Å². The highest BCUT2D eigenvalue weighted by atomic mass is 15.3. The number of fused-ring (bicyclic) bond motifs is 2. The van der Waals surface area contributed by atoms with E-state index in [4.69, 9.17) is 0 Å². The monoisotopic (exact) mass is 200 g/mol. The number of nitrogens with one attached hydrogen (secondary N) is 1. The van der Waals surface area contributed by atoms with Crippen molar-refractivity contribution < 1.29 is 0 Å². The van der Waals surface area contributed by atoms with Crippen molar-refractivity contribution in [2.24, 2.45) is 11.8 Å². The van der Waals surface area contributed by atoms with E-state index in [1.54, 1.807) is 0 Å². The second kappa shape index (κ2) is 2.58. The van der Waals surface area contributed by atoms with Crippen molar-refractivity contribution >= 4 is 5.65 Å². The molecule has 4 nitrogen and oxygen atoms in total. The Morgan fingerprint density at radius 2 is 2.07 bits per heavy atom. The smallest absolute Gasteiger partial charge is 0.160 e. The first-order valence-electron chi connectivity index (χ1n) is 5.45. The van der Waals surface area contributed by atoms with Gasteiger partial charge in [-0.1, -0.05) is 6.07 Å². The minimum absolute atomic E-state index is 0.642. The van der Waals surface area contributed by atoms with Gasteiger partial charge >= 0.3 is 0 Å². The lowest BCUT2D eigenvalue weighted by Gasteiger charge is -2.02. The first-order chi connectivity index (χ1) is 7.45. The largest absolute Gasteiger partial charge is 0.316 e. The van der Waals surface area contributed by atoms with Gasteiger partial charge in [-0.15, -0.1) is 10.2 Å². The zero-order valence-corrected chi connectivity index (χ0v) is 8.30. The van der Waals surface area contributed by atoms with Crippen molar-refractivity contribution in [1.82, 2.24) is 19.9 Å². The van der Waals surface area contributed by atoms with E-state index >= 15 is 0 Å². The summed E-state index contributed by atoms with van der Waals surface area (Å²) in [6.45, 7) is 2.30. The summed E-state index contributed by atoms with van der Waals surface area (Å²) in [6, 6.07) is 6.05. The summed E-state index contributed by atoms with van der Waals surface area (Å²) in [5.74, 6) is 3.40. The van der Waals surface area contributed by atoms with Crippen molar-refractivity contribution in [3.05, 3.63) is 30.2 Å². The normalized spacial score (nSPS) is 33.2. The van der Waals surface area contributed by atoms with Gasteiger partial charge in [-0.2, -0.15) is 0 Å². The van der Waals surface area contributed by atoms with Crippen LogP contribution in [0.2, 0.25) is 0 Å². The number of rotatable bonds is 1. The van der Waals surface area contributed by atoms with Crippen LogP contribution in [0.4, 0.5) is 0 Å². The Balaban J connectivity index is 1.82. The van der Waals surface area contributed by atoms with Gasteiger partial charge in [-0.25, -0.2) is 0 Å². The Morgan fingerprint density at radius 1 is 1.20 bits per heavy atom. The molecule has 1 unspecified atom stereocenters. The van der Waals surface area contributed by atoms with Gasteiger partial charge in [0.25, 0.3) is 0 Å². The Morgan fingerprint density at radius 3 is 2.93 bits per heavy atom. The van der Waals surface area contributed by atoms with Crippen LogP contribution in [0.5, 0.6) is 0 Å². The van der Waals surface area contributed by atoms with E-state index in [2.05, 4.69) is 26.1 Å². The van der Waals surface area contributed by atoms with E-state index in [1.165, 1.54) is 0 Å². The molecule has 76 valence electrons. The molecule has 4 rings (SSSR count). The SMILES string of the molecule is c1ccn2c(C3[C@H]4CNC[C@@H]34)nnc2c1. The molecule has 4 heteroatoms. The lowest BCUT2D eigenvalue weighted by atomic mass is 10.2. The molecule has 1 aliphatic carbocycles. The lowest BCUT2D eigenvalue weighted by molar-refractivity contribution is 0.657. The third kappa shape index (κ3) is 0.946. The molecule has 2 aromatic rings. The van der Waals surface area contributed by atoms with E-state index in [-0.39, 0.29) is 0 Å². The maximum absolute atomic E-state index is 4.32. The molecular formula is C11H12N4. The fourth-order valence-electron chi connectivity index (χ4n) is 2.89. The molecule has 3 heterocycles. The second-order valence-electron chi connectivity index (χ2n) is 4.50. The summed E-state index contributed by atoms with van der Waals surface area (Å²) < 4.78 is 2.13. The van der Waals surface area contributed by atoms with E-state index in [1.807, 2.05) is 18.2 Å². The minimum Gasteiger partial charge on any atom is -0.316 e. The number of piperidine rings is 1. The summed E-state index contributed by atoms with van der Waals surface area (Å²) in [4.78, 5) is 0. The van der Waals surface area contributed by atoms with Gasteiger partial charge in [0.05, 0.1) is 0 Å². The molecule has 0 aromatic carbocycles. The minimum atomic E-state index is 0.642. The zero-order chi connectivity index (χ0) is 9.83. The summed E-state index contributed by atoms with van der Waals surface area (Å²) in [7, 11) is 0. The number of aromatic nitrogens is 3. The molecule has 2 aromatic heterocycles. The van der Waals surface area contributed by atoms with E-state index in [9.17, 15) is 0 Å². The van der Waals surface area contributed by atoms with Gasteiger partial charge < -0.3 is 5.32 Å². The molecule has 0 amide bonds. The fourth-order valence-corrected chi connectivity index (χ4v) is 2.89. The first-order valence-corrected chi connectivity index (χ1v) is 5.45. The maximum atomic E-state index is 4.32. The van der Waals surface area contributed by atoms with Crippen LogP contribution in [-0.2, 0) is 0 Å². The number of hydrogen-bond acceptors (Lipinski definition) is 3. The molecular weight excluding hydrogens is 188 g/mol. The van der Waals surface area contributed by atoms with E-state index in [0.29, 0.717) is 5.92 Å². The standard InChI is InChI=1S/C11H12N4/c1-2-4-15-9(3-1)13-14-11(15)10-7-5-12-6-8(7)10/h1-4,7-8,10,12H,5-6H2/t7-,8+,10?. The van der Waals surface area contributed by atoms with Crippen molar-refractivity contribution in [3.8, 4) is 0 Å². The van der Waals surface area contributed by atoms with Crippen LogP contribution in [0, 0.1) is 11.8 Å². The van der Waals surface area contributed by atoms with Crippen LogP contribution in [0.3, 0.4) is 0 Å². The summed E-state index contributed by atoms with van der Waals surface area (Å²) in [6.07, 6.45) is 2.06.